The predicted octanol–water partition coefficient (Wildman–Crippen LogP) is 2.34. The van der Waals surface area contributed by atoms with Gasteiger partial charge in [0.1, 0.15) is 0 Å². The number of methoxy groups -OCH3 is 2. The van der Waals surface area contributed by atoms with E-state index in [0.717, 1.165) is 0 Å². The number of benzene rings is 1. The molecular formula is C11H13NO4. The summed E-state index contributed by atoms with van der Waals surface area (Å²) in [5.41, 5.74) is 0.777. The lowest BCUT2D eigenvalue weighted by Crippen LogP contribution is -1.94. The summed E-state index contributed by atoms with van der Waals surface area (Å²) in [4.78, 5) is 10.0. The van der Waals surface area contributed by atoms with Crippen molar-refractivity contribution in [3.8, 4) is 11.5 Å². The van der Waals surface area contributed by atoms with Gasteiger partial charge in [0.2, 0.25) is 5.70 Å². The Kier molecular flexibility index (Phi) is 3.88. The molecule has 16 heavy (non-hydrogen) atoms. The molecule has 0 heterocycles. The second-order valence-corrected chi connectivity index (χ2v) is 3.16. The number of hydrogen-bond donors (Lipinski definition) is 0. The molecule has 1 rings (SSSR count). The van der Waals surface area contributed by atoms with E-state index in [4.69, 9.17) is 9.47 Å². The third-order valence-corrected chi connectivity index (χ3v) is 2.07. The zero-order chi connectivity index (χ0) is 12.1. The second-order valence-electron chi connectivity index (χ2n) is 3.16. The van der Waals surface area contributed by atoms with Crippen molar-refractivity contribution < 1.29 is 14.4 Å². The van der Waals surface area contributed by atoms with Crippen LogP contribution >= 0.6 is 0 Å². The summed E-state index contributed by atoms with van der Waals surface area (Å²) in [6, 6.07) is 5.12. The van der Waals surface area contributed by atoms with Crippen LogP contribution in [-0.2, 0) is 0 Å². The molecule has 1 aromatic carbocycles. The maximum Gasteiger partial charge on any atom is 0.243 e. The average Bonchev–Trinajstić information content (AvgIpc) is 2.28. The van der Waals surface area contributed by atoms with Gasteiger partial charge >= 0.3 is 0 Å². The molecule has 0 unspecified atom stereocenters. The first-order valence-corrected chi connectivity index (χ1v) is 4.63. The minimum atomic E-state index is -0.434. The van der Waals surface area contributed by atoms with Crippen LogP contribution < -0.4 is 9.47 Å². The van der Waals surface area contributed by atoms with Gasteiger partial charge in [-0.2, -0.15) is 0 Å². The lowest BCUT2D eigenvalue weighted by atomic mass is 10.2. The molecule has 0 fully saturated rings. The largest absolute Gasteiger partial charge is 0.493 e. The van der Waals surface area contributed by atoms with E-state index in [1.54, 1.807) is 18.2 Å². The van der Waals surface area contributed by atoms with Crippen molar-refractivity contribution in [1.82, 2.24) is 0 Å². The maximum atomic E-state index is 10.5. The Morgan fingerprint density at radius 2 is 1.94 bits per heavy atom. The highest BCUT2D eigenvalue weighted by molar-refractivity contribution is 5.56. The molecule has 0 radical (unpaired) electrons. The molecule has 0 spiro atoms. The number of nitro groups is 1. The third-order valence-electron chi connectivity index (χ3n) is 2.07. The highest BCUT2D eigenvalue weighted by Crippen LogP contribution is 2.28. The van der Waals surface area contributed by atoms with Gasteiger partial charge in [-0.25, -0.2) is 0 Å². The number of rotatable bonds is 4. The quantitative estimate of drug-likeness (QED) is 0.580. The second kappa shape index (κ2) is 5.16. The van der Waals surface area contributed by atoms with Crippen LogP contribution in [0.1, 0.15) is 12.5 Å². The Morgan fingerprint density at radius 3 is 2.44 bits per heavy atom. The van der Waals surface area contributed by atoms with E-state index in [9.17, 15) is 10.1 Å². The number of ether oxygens (including phenoxy) is 2. The van der Waals surface area contributed by atoms with E-state index in [-0.39, 0.29) is 5.70 Å². The van der Waals surface area contributed by atoms with Crippen LogP contribution in [0.4, 0.5) is 0 Å². The maximum absolute atomic E-state index is 10.5. The Balaban J connectivity index is 3.09. The molecule has 0 N–H and O–H groups in total. The minimum absolute atomic E-state index is 0.0761. The van der Waals surface area contributed by atoms with E-state index < -0.39 is 4.92 Å². The standard InChI is InChI=1S/C11H13NO4/c1-8(12(13)14)6-9-4-5-10(15-2)11(7-9)16-3/h4-7H,1-3H3/b8-6+. The number of nitrogens with zero attached hydrogens (tertiary/aromatic N) is 1. The molecule has 0 saturated heterocycles. The molecule has 0 aliphatic heterocycles. The first kappa shape index (κ1) is 12.0. The first-order chi connectivity index (χ1) is 7.58. The molecule has 0 aliphatic carbocycles. The van der Waals surface area contributed by atoms with Crippen LogP contribution in [0.5, 0.6) is 11.5 Å². The Morgan fingerprint density at radius 1 is 1.31 bits per heavy atom. The van der Waals surface area contributed by atoms with E-state index in [2.05, 4.69) is 0 Å². The fourth-order valence-corrected chi connectivity index (χ4v) is 1.24. The molecule has 86 valence electrons. The fraction of sp³-hybridized carbons (Fsp3) is 0.273. The Bertz CT molecular complexity index is 426. The van der Waals surface area contributed by atoms with Crippen LogP contribution in [0.2, 0.25) is 0 Å². The SMILES string of the molecule is COc1ccc(/C=C(\C)[N+](=O)[O-])cc1OC. The average molecular weight is 223 g/mol. The van der Waals surface area contributed by atoms with Crippen LogP contribution in [0.15, 0.2) is 23.9 Å². The van der Waals surface area contributed by atoms with Gasteiger partial charge in [-0.3, -0.25) is 10.1 Å². The molecule has 0 amide bonds. The van der Waals surface area contributed by atoms with Gasteiger partial charge in [-0.1, -0.05) is 6.07 Å². The Labute approximate surface area is 93.4 Å². The molecule has 1 aromatic rings. The third kappa shape index (κ3) is 2.73. The highest BCUT2D eigenvalue weighted by atomic mass is 16.6. The van der Waals surface area contributed by atoms with Crippen molar-refractivity contribution in [3.63, 3.8) is 0 Å². The number of hydrogen-bond acceptors (Lipinski definition) is 4. The van der Waals surface area contributed by atoms with Gasteiger partial charge in [0, 0.05) is 13.0 Å². The predicted molar refractivity (Wildman–Crippen MR) is 60.2 cm³/mol. The lowest BCUT2D eigenvalue weighted by molar-refractivity contribution is -0.422. The van der Waals surface area contributed by atoms with E-state index in [1.165, 1.54) is 27.2 Å². The topological polar surface area (TPSA) is 61.6 Å². The molecular weight excluding hydrogens is 210 g/mol. The zero-order valence-electron chi connectivity index (χ0n) is 9.39. The number of allylic oxidation sites excluding steroid dienone is 1. The van der Waals surface area contributed by atoms with Gasteiger partial charge in [0.15, 0.2) is 11.5 Å². The van der Waals surface area contributed by atoms with Crippen molar-refractivity contribution in [2.45, 2.75) is 6.92 Å². The summed E-state index contributed by atoms with van der Waals surface area (Å²) in [6.45, 7) is 1.44. The van der Waals surface area contributed by atoms with Crippen molar-refractivity contribution >= 4 is 6.08 Å². The van der Waals surface area contributed by atoms with Gasteiger partial charge in [-0.05, 0) is 17.7 Å². The molecule has 0 bridgehead atoms. The van der Waals surface area contributed by atoms with Gasteiger partial charge in [0.25, 0.3) is 0 Å². The molecule has 0 aliphatic rings. The molecule has 0 saturated carbocycles. The Hall–Kier alpha value is -2.04. The van der Waals surface area contributed by atoms with Crippen molar-refractivity contribution in [2.24, 2.45) is 0 Å². The summed E-state index contributed by atoms with van der Waals surface area (Å²) in [5.74, 6) is 1.14. The molecule has 5 nitrogen and oxygen atoms in total. The van der Waals surface area contributed by atoms with Crippen LogP contribution in [0.3, 0.4) is 0 Å². The van der Waals surface area contributed by atoms with Crippen molar-refractivity contribution in [1.29, 1.82) is 0 Å². The van der Waals surface area contributed by atoms with Crippen molar-refractivity contribution in [2.75, 3.05) is 14.2 Å². The summed E-state index contributed by atoms with van der Waals surface area (Å²) >= 11 is 0. The lowest BCUT2D eigenvalue weighted by Gasteiger charge is -2.07. The monoisotopic (exact) mass is 223 g/mol. The smallest absolute Gasteiger partial charge is 0.243 e. The molecule has 0 aromatic heterocycles. The normalized spacial score (nSPS) is 11.1. The van der Waals surface area contributed by atoms with Crippen LogP contribution in [0.25, 0.3) is 6.08 Å². The van der Waals surface area contributed by atoms with Gasteiger partial charge < -0.3 is 9.47 Å². The summed E-state index contributed by atoms with van der Waals surface area (Å²) < 4.78 is 10.2. The zero-order valence-corrected chi connectivity index (χ0v) is 9.39. The van der Waals surface area contributed by atoms with Gasteiger partial charge in [-0.15, -0.1) is 0 Å². The highest BCUT2D eigenvalue weighted by Gasteiger charge is 2.06. The minimum Gasteiger partial charge on any atom is -0.493 e. The van der Waals surface area contributed by atoms with Crippen molar-refractivity contribution in [3.05, 3.63) is 39.6 Å². The molecule has 0 atom stereocenters. The summed E-state index contributed by atoms with van der Waals surface area (Å²) in [6.07, 6.45) is 1.47. The van der Waals surface area contributed by atoms with E-state index in [1.807, 2.05) is 0 Å². The van der Waals surface area contributed by atoms with E-state index >= 15 is 0 Å². The summed E-state index contributed by atoms with van der Waals surface area (Å²) in [5, 5.41) is 10.5. The van der Waals surface area contributed by atoms with Crippen LogP contribution in [0, 0.1) is 10.1 Å². The molecule has 5 heteroatoms. The van der Waals surface area contributed by atoms with E-state index in [0.29, 0.717) is 17.1 Å². The van der Waals surface area contributed by atoms with Crippen LogP contribution in [-0.4, -0.2) is 19.1 Å². The first-order valence-electron chi connectivity index (χ1n) is 4.63. The summed E-state index contributed by atoms with van der Waals surface area (Å²) in [7, 11) is 3.06. The van der Waals surface area contributed by atoms with Gasteiger partial charge in [0.05, 0.1) is 19.1 Å². The fourth-order valence-electron chi connectivity index (χ4n) is 1.24.